The van der Waals surface area contributed by atoms with E-state index >= 15 is 0 Å². The average molecular weight is 1240 g/mol. The number of carbonyl (C=O) groups is 4. The number of aliphatic hydroxyl groups is 10. The number of rotatable bonds is 14. The van der Waals surface area contributed by atoms with Crippen LogP contribution in [0.1, 0.15) is 108 Å². The Bertz CT molecular complexity index is 2500. The highest BCUT2D eigenvalue weighted by molar-refractivity contribution is 5.96. The van der Waals surface area contributed by atoms with Gasteiger partial charge in [0, 0.05) is 88.9 Å². The largest absolute Gasteiger partial charge is 0.461 e. The number of aliphatic hydroxyl groups excluding tert-OH is 9. The van der Waals surface area contributed by atoms with E-state index in [2.05, 4.69) is 15.5 Å². The molecular weight excluding hydrogens is 1140 g/mol. The standard InChI is InChI=1S/C65H98N4O19/c1-41-17-15-13-11-9-7-5-6-8-10-12-14-16-18-53(86-64-61(81)59(66)60(80)43(3)85-64)38-56-58(63(82)68-25-26-69-27-29-84-30-28-69)55(78)40-65(83,88-56)39-52(76)35-50(74)33-48(72)31-47(71)32-49(73)34-51(75)37-57(79)87-62(41)42(2)19-24-46(70)36-54(77)44-20-22-45(67-4)23-21-44/h5-18,20-23,41-43,46-48,50-53,55-56,58-62,64,67,70-72,74-76,78,80-81,83H,19,24-40,66H2,1-4H3,(H,68,82)/b6-5?,9-7?,10-8-,13-11?,14-12?,17-15?,18-16?. The van der Waals surface area contributed by atoms with Crippen molar-refractivity contribution < 1.29 is 93.9 Å². The van der Waals surface area contributed by atoms with E-state index in [9.17, 15) is 70.2 Å². The molecule has 492 valence electrons. The van der Waals surface area contributed by atoms with Crippen molar-refractivity contribution in [2.24, 2.45) is 23.5 Å². The van der Waals surface area contributed by atoms with Gasteiger partial charge in [0.25, 0.3) is 0 Å². The van der Waals surface area contributed by atoms with E-state index in [-0.39, 0.29) is 56.3 Å². The molecule has 4 heterocycles. The number of hydrogen-bond donors (Lipinski definition) is 13. The zero-order valence-electron chi connectivity index (χ0n) is 51.2. The van der Waals surface area contributed by atoms with E-state index in [0.717, 1.165) is 5.69 Å². The van der Waals surface area contributed by atoms with Gasteiger partial charge < -0.3 is 91.1 Å². The molecule has 19 atom stereocenters. The topological polar surface area (TPSA) is 370 Å². The smallest absolute Gasteiger partial charge is 0.308 e. The third-order valence-corrected chi connectivity index (χ3v) is 16.2. The summed E-state index contributed by atoms with van der Waals surface area (Å²) < 4.78 is 29.8. The number of morpholine rings is 1. The number of Topliss-reactive ketones (excluding diaryl/α,β-unsaturated/α-hetero) is 2. The minimum atomic E-state index is -2.29. The van der Waals surface area contributed by atoms with Gasteiger partial charge in [-0.25, -0.2) is 0 Å². The fraction of sp³-hybridized carbons (Fsp3) is 0.631. The maximum absolute atomic E-state index is 14.1. The zero-order valence-corrected chi connectivity index (χ0v) is 51.2. The molecule has 0 aromatic heterocycles. The molecule has 1 aromatic rings. The molecule has 5 rings (SSSR count). The molecular formula is C65H98N4O19. The normalized spacial score (nSPS) is 34.7. The number of ketones is 2. The summed E-state index contributed by atoms with van der Waals surface area (Å²) in [6.07, 6.45) is 3.27. The van der Waals surface area contributed by atoms with Crippen LogP contribution in [0.25, 0.3) is 0 Å². The molecule has 23 nitrogen and oxygen atoms in total. The molecule has 4 aliphatic heterocycles. The van der Waals surface area contributed by atoms with E-state index in [1.54, 1.807) is 117 Å². The highest BCUT2D eigenvalue weighted by Crippen LogP contribution is 2.38. The minimum Gasteiger partial charge on any atom is -0.461 e. The molecule has 3 saturated heterocycles. The maximum Gasteiger partial charge on any atom is 0.308 e. The van der Waals surface area contributed by atoms with E-state index in [1.165, 1.54) is 0 Å². The number of amides is 1. The molecule has 0 spiro atoms. The van der Waals surface area contributed by atoms with Gasteiger partial charge in [0.15, 0.2) is 17.9 Å². The summed E-state index contributed by atoms with van der Waals surface area (Å²) in [7, 11) is 1.77. The molecule has 19 unspecified atom stereocenters. The van der Waals surface area contributed by atoms with Crippen molar-refractivity contribution >= 4 is 29.1 Å². The Hall–Kier alpha value is -5.16. The number of carbonyl (C=O) groups excluding carboxylic acids is 4. The van der Waals surface area contributed by atoms with Crippen LogP contribution in [0.2, 0.25) is 0 Å². The Labute approximate surface area is 516 Å². The van der Waals surface area contributed by atoms with Crippen LogP contribution in [-0.4, -0.2) is 223 Å². The molecule has 14 N–H and O–H groups in total. The van der Waals surface area contributed by atoms with Crippen LogP contribution < -0.4 is 16.4 Å². The lowest BCUT2D eigenvalue weighted by Crippen LogP contribution is -2.62. The van der Waals surface area contributed by atoms with Gasteiger partial charge in [0.1, 0.15) is 18.0 Å². The summed E-state index contributed by atoms with van der Waals surface area (Å²) in [4.78, 5) is 55.6. The van der Waals surface area contributed by atoms with Gasteiger partial charge in [-0.3, -0.25) is 24.1 Å². The van der Waals surface area contributed by atoms with Gasteiger partial charge in [-0.1, -0.05) is 98.9 Å². The van der Waals surface area contributed by atoms with Crippen LogP contribution in [-0.2, 0) is 38.1 Å². The summed E-state index contributed by atoms with van der Waals surface area (Å²) >= 11 is 0. The number of esters is 1. The van der Waals surface area contributed by atoms with Gasteiger partial charge in [-0.15, -0.1) is 0 Å². The highest BCUT2D eigenvalue weighted by atomic mass is 16.7. The first kappa shape index (κ1) is 73.6. The van der Waals surface area contributed by atoms with E-state index in [4.69, 9.17) is 29.4 Å². The van der Waals surface area contributed by atoms with Crippen LogP contribution in [0.15, 0.2) is 109 Å². The van der Waals surface area contributed by atoms with Crippen LogP contribution in [0.3, 0.4) is 0 Å². The highest BCUT2D eigenvalue weighted by Gasteiger charge is 2.51. The summed E-state index contributed by atoms with van der Waals surface area (Å²) in [5, 5.41) is 117. The molecule has 0 aliphatic carbocycles. The molecule has 23 heteroatoms. The Morgan fingerprint density at radius 3 is 1.94 bits per heavy atom. The quantitative estimate of drug-likeness (QED) is 0.0937. The Morgan fingerprint density at radius 2 is 1.32 bits per heavy atom. The Kier molecular flexibility index (Phi) is 31.7. The monoisotopic (exact) mass is 1240 g/mol. The average Bonchev–Trinajstić information content (AvgIpc) is 0.946. The number of hydrogen-bond acceptors (Lipinski definition) is 22. The number of anilines is 1. The third kappa shape index (κ3) is 25.6. The lowest BCUT2D eigenvalue weighted by molar-refractivity contribution is -0.307. The minimum absolute atomic E-state index is 0.103. The summed E-state index contributed by atoms with van der Waals surface area (Å²) in [6.45, 7) is 8.41. The molecule has 1 amide bonds. The first-order valence-corrected chi connectivity index (χ1v) is 30.8. The van der Waals surface area contributed by atoms with Gasteiger partial charge in [0.2, 0.25) is 5.91 Å². The van der Waals surface area contributed by atoms with Gasteiger partial charge in [-0.05, 0) is 69.2 Å². The molecule has 2 bridgehead atoms. The number of ether oxygens (including phenoxy) is 5. The van der Waals surface area contributed by atoms with Crippen LogP contribution in [0.4, 0.5) is 5.69 Å². The second kappa shape index (κ2) is 37.9. The lowest BCUT2D eigenvalue weighted by atomic mass is 9.82. The number of nitrogens with one attached hydrogen (secondary N) is 2. The molecule has 3 fully saturated rings. The first-order valence-electron chi connectivity index (χ1n) is 30.8. The van der Waals surface area contributed by atoms with Crippen molar-refractivity contribution in [3.63, 3.8) is 0 Å². The molecule has 1 aromatic carbocycles. The second-order valence-electron chi connectivity index (χ2n) is 23.8. The number of nitrogens with two attached hydrogens (primary N) is 1. The zero-order chi connectivity index (χ0) is 64.3. The maximum atomic E-state index is 14.1. The van der Waals surface area contributed by atoms with E-state index in [1.807, 2.05) is 19.9 Å². The number of benzene rings is 1. The number of cyclic esters (lactones) is 1. The predicted molar refractivity (Wildman–Crippen MR) is 328 cm³/mol. The summed E-state index contributed by atoms with van der Waals surface area (Å²) in [6, 6.07) is 5.77. The first-order chi connectivity index (χ1) is 41.9. The van der Waals surface area contributed by atoms with Crippen molar-refractivity contribution in [2.75, 3.05) is 51.8 Å². The fourth-order valence-electron chi connectivity index (χ4n) is 11.4. The molecule has 0 saturated carbocycles. The summed E-state index contributed by atoms with van der Waals surface area (Å²) in [5.74, 6) is -6.48. The van der Waals surface area contributed by atoms with E-state index in [0.29, 0.717) is 44.8 Å². The predicted octanol–water partition coefficient (Wildman–Crippen LogP) is 2.11. The van der Waals surface area contributed by atoms with Crippen molar-refractivity contribution in [3.05, 3.63) is 115 Å². The number of nitrogens with zero attached hydrogens (tertiary/aromatic N) is 1. The second-order valence-corrected chi connectivity index (χ2v) is 23.8. The van der Waals surface area contributed by atoms with E-state index < -0.39 is 160 Å². The molecule has 88 heavy (non-hydrogen) atoms. The van der Waals surface area contributed by atoms with Crippen LogP contribution >= 0.6 is 0 Å². The summed E-state index contributed by atoms with van der Waals surface area (Å²) in [5.41, 5.74) is 7.47. The van der Waals surface area contributed by atoms with Crippen molar-refractivity contribution in [1.29, 1.82) is 0 Å². The number of allylic oxidation sites excluding steroid dienone is 12. The SMILES string of the molecule is CNc1ccc(C(=O)CC(O)CCC(C)C2OC(=O)CC(O)CC(=O)CC(O)CC(O)CC(O)CC(O)CC3(O)CC(O)C(C(=O)NCCN4CCOCC4)C(CC(OC4OC(C)C(O)C(N)C4O)C=CC=C/C=C\C=CC=CC=CC=CC2C)O3)cc1. The van der Waals surface area contributed by atoms with Crippen LogP contribution in [0, 0.1) is 17.8 Å². The van der Waals surface area contributed by atoms with Crippen LogP contribution in [0.5, 0.6) is 0 Å². The lowest BCUT2D eigenvalue weighted by Gasteiger charge is -2.46. The fourth-order valence-corrected chi connectivity index (χ4v) is 11.4. The molecule has 4 aliphatic rings. The van der Waals surface area contributed by atoms with Crippen molar-refractivity contribution in [2.45, 2.75) is 195 Å². The third-order valence-electron chi connectivity index (χ3n) is 16.2. The van der Waals surface area contributed by atoms with Gasteiger partial charge >= 0.3 is 5.97 Å². The van der Waals surface area contributed by atoms with Crippen molar-refractivity contribution in [1.82, 2.24) is 10.2 Å². The molecule has 0 radical (unpaired) electrons. The van der Waals surface area contributed by atoms with Gasteiger partial charge in [-0.2, -0.15) is 0 Å². The van der Waals surface area contributed by atoms with Gasteiger partial charge in [0.05, 0.1) is 98.7 Å². The Balaban J connectivity index is 1.35. The van der Waals surface area contributed by atoms with Crippen molar-refractivity contribution in [3.8, 4) is 0 Å². The Morgan fingerprint density at radius 1 is 0.739 bits per heavy atom. The number of fused-ring (bicyclic) bond motifs is 2.